The first-order chi connectivity index (χ1) is 8.97. The molecular formula is C11H12N2O4S2. The topological polar surface area (TPSA) is 89.3 Å². The summed E-state index contributed by atoms with van der Waals surface area (Å²) in [5, 5.41) is 13.7. The molecule has 0 spiro atoms. The van der Waals surface area contributed by atoms with E-state index in [4.69, 9.17) is 0 Å². The van der Waals surface area contributed by atoms with Crippen LogP contribution in [0.4, 0.5) is 5.69 Å². The van der Waals surface area contributed by atoms with Crippen molar-refractivity contribution in [3.05, 3.63) is 21.1 Å². The number of nitrogens with one attached hydrogen (secondary N) is 1. The number of rotatable bonds is 6. The van der Waals surface area contributed by atoms with Crippen molar-refractivity contribution in [3.63, 3.8) is 0 Å². The lowest BCUT2D eigenvalue weighted by Gasteiger charge is -2.01. The van der Waals surface area contributed by atoms with Gasteiger partial charge in [0.25, 0.3) is 5.69 Å². The van der Waals surface area contributed by atoms with Crippen LogP contribution in [0.1, 0.15) is 29.4 Å². The van der Waals surface area contributed by atoms with Crippen LogP contribution in [-0.2, 0) is 4.79 Å². The molecule has 1 aromatic rings. The molecule has 19 heavy (non-hydrogen) atoms. The Labute approximate surface area is 117 Å². The van der Waals surface area contributed by atoms with Crippen molar-refractivity contribution >= 4 is 40.5 Å². The third-order valence-electron chi connectivity index (χ3n) is 2.50. The number of amides is 1. The van der Waals surface area contributed by atoms with Gasteiger partial charge in [-0.15, -0.1) is 11.3 Å². The summed E-state index contributed by atoms with van der Waals surface area (Å²) in [6, 6.07) is 1.55. The van der Waals surface area contributed by atoms with Gasteiger partial charge >= 0.3 is 0 Å². The second kappa shape index (κ2) is 5.70. The van der Waals surface area contributed by atoms with E-state index in [0.717, 1.165) is 35.9 Å². The highest BCUT2D eigenvalue weighted by Gasteiger charge is 2.25. The Morgan fingerprint density at radius 3 is 2.79 bits per heavy atom. The molecule has 1 heterocycles. The minimum atomic E-state index is -0.524. The summed E-state index contributed by atoms with van der Waals surface area (Å²) in [6.45, 7) is 1.36. The molecule has 1 amide bonds. The van der Waals surface area contributed by atoms with E-state index >= 15 is 0 Å². The molecule has 1 aliphatic carbocycles. The zero-order chi connectivity index (χ0) is 14.0. The fourth-order valence-electron chi connectivity index (χ4n) is 1.40. The van der Waals surface area contributed by atoms with Gasteiger partial charge in [0.05, 0.1) is 15.6 Å². The van der Waals surface area contributed by atoms with Crippen molar-refractivity contribution in [2.75, 3.05) is 5.75 Å². The highest BCUT2D eigenvalue weighted by molar-refractivity contribution is 8.01. The van der Waals surface area contributed by atoms with Gasteiger partial charge in [-0.2, -0.15) is 0 Å². The van der Waals surface area contributed by atoms with E-state index in [0.29, 0.717) is 9.09 Å². The summed E-state index contributed by atoms with van der Waals surface area (Å²) in [5.41, 5.74) is -0.0978. The number of thioether (sulfide) groups is 1. The highest BCUT2D eigenvalue weighted by atomic mass is 32.2. The smallest absolute Gasteiger partial charge is 0.294 e. The predicted molar refractivity (Wildman–Crippen MR) is 72.9 cm³/mol. The first-order valence-corrected chi connectivity index (χ1v) is 7.49. The van der Waals surface area contributed by atoms with Gasteiger partial charge in [0.1, 0.15) is 4.21 Å². The summed E-state index contributed by atoms with van der Waals surface area (Å²) >= 11 is 2.17. The summed E-state index contributed by atoms with van der Waals surface area (Å²) < 4.78 is 0.404. The molecular weight excluding hydrogens is 288 g/mol. The minimum absolute atomic E-state index is 0.0978. The van der Waals surface area contributed by atoms with Gasteiger partial charge in [-0.25, -0.2) is 0 Å². The molecule has 1 N–H and O–H groups in total. The standard InChI is InChI=1S/C11H12N2O4S2/c1-6(14)9-4-8(13(16)17)11(19-9)18-5-10(15)12-7-2-3-7/h4,7H,2-3,5H2,1H3,(H,12,15). The van der Waals surface area contributed by atoms with Crippen LogP contribution in [0.5, 0.6) is 0 Å². The maximum absolute atomic E-state index is 11.5. The lowest BCUT2D eigenvalue weighted by atomic mass is 10.3. The third-order valence-corrected chi connectivity index (χ3v) is 5.00. The Bertz CT molecular complexity index is 537. The summed E-state index contributed by atoms with van der Waals surface area (Å²) in [5.74, 6) is -0.197. The van der Waals surface area contributed by atoms with Crippen molar-refractivity contribution < 1.29 is 14.5 Å². The molecule has 2 rings (SSSR count). The van der Waals surface area contributed by atoms with Crippen molar-refractivity contribution in [1.29, 1.82) is 0 Å². The molecule has 1 aromatic heterocycles. The molecule has 0 unspecified atom stereocenters. The van der Waals surface area contributed by atoms with Crippen LogP contribution >= 0.6 is 23.1 Å². The molecule has 0 radical (unpaired) electrons. The van der Waals surface area contributed by atoms with Gasteiger partial charge in [-0.05, 0) is 19.8 Å². The molecule has 0 aliphatic heterocycles. The van der Waals surface area contributed by atoms with Crippen LogP contribution in [0.25, 0.3) is 0 Å². The summed E-state index contributed by atoms with van der Waals surface area (Å²) in [6.07, 6.45) is 2.01. The molecule has 102 valence electrons. The SMILES string of the molecule is CC(=O)c1cc([N+](=O)[O-])c(SCC(=O)NC2CC2)s1. The van der Waals surface area contributed by atoms with E-state index < -0.39 is 4.92 Å². The van der Waals surface area contributed by atoms with E-state index in [1.54, 1.807) is 0 Å². The molecule has 1 aliphatic rings. The van der Waals surface area contributed by atoms with Gasteiger partial charge in [0.2, 0.25) is 5.91 Å². The van der Waals surface area contributed by atoms with Crippen molar-refractivity contribution in [1.82, 2.24) is 5.32 Å². The van der Waals surface area contributed by atoms with Crippen LogP contribution < -0.4 is 5.32 Å². The summed E-state index contributed by atoms with van der Waals surface area (Å²) in [7, 11) is 0. The number of thiophene rings is 1. The van der Waals surface area contributed by atoms with E-state index in [9.17, 15) is 19.7 Å². The number of nitro groups is 1. The lowest BCUT2D eigenvalue weighted by molar-refractivity contribution is -0.387. The van der Waals surface area contributed by atoms with Gasteiger partial charge in [0, 0.05) is 12.1 Å². The van der Waals surface area contributed by atoms with Crippen molar-refractivity contribution in [2.45, 2.75) is 30.0 Å². The van der Waals surface area contributed by atoms with Crippen LogP contribution in [0, 0.1) is 10.1 Å². The zero-order valence-corrected chi connectivity index (χ0v) is 11.8. The van der Waals surface area contributed by atoms with Crippen LogP contribution in [-0.4, -0.2) is 28.4 Å². The van der Waals surface area contributed by atoms with Gasteiger partial charge in [0.15, 0.2) is 5.78 Å². The molecule has 6 nitrogen and oxygen atoms in total. The number of hydrogen-bond donors (Lipinski definition) is 1. The first-order valence-electron chi connectivity index (χ1n) is 5.68. The molecule has 0 aromatic carbocycles. The quantitative estimate of drug-likeness (QED) is 0.376. The van der Waals surface area contributed by atoms with Gasteiger partial charge < -0.3 is 5.32 Å². The summed E-state index contributed by atoms with van der Waals surface area (Å²) in [4.78, 5) is 33.4. The fourth-order valence-corrected chi connectivity index (χ4v) is 3.46. The lowest BCUT2D eigenvalue weighted by Crippen LogP contribution is -2.26. The molecule has 0 saturated heterocycles. The molecule has 8 heteroatoms. The Kier molecular flexibility index (Phi) is 4.20. The monoisotopic (exact) mass is 300 g/mol. The Hall–Kier alpha value is -1.41. The van der Waals surface area contributed by atoms with E-state index in [1.807, 2.05) is 0 Å². The molecule has 0 atom stereocenters. The van der Waals surface area contributed by atoms with E-state index in [2.05, 4.69) is 5.32 Å². The number of carbonyl (C=O) groups is 2. The number of Topliss-reactive ketones (excluding diaryl/α,β-unsaturated/α-hetero) is 1. The maximum Gasteiger partial charge on any atom is 0.294 e. The number of nitrogens with zero attached hydrogens (tertiary/aromatic N) is 1. The first kappa shape index (κ1) is 14.0. The van der Waals surface area contributed by atoms with E-state index in [-0.39, 0.29) is 29.2 Å². The van der Waals surface area contributed by atoms with Crippen molar-refractivity contribution in [2.24, 2.45) is 0 Å². The zero-order valence-electron chi connectivity index (χ0n) is 10.2. The minimum Gasteiger partial charge on any atom is -0.353 e. The van der Waals surface area contributed by atoms with Gasteiger partial charge in [-0.3, -0.25) is 19.7 Å². The van der Waals surface area contributed by atoms with Crippen LogP contribution in [0.15, 0.2) is 10.3 Å². The van der Waals surface area contributed by atoms with E-state index in [1.165, 1.54) is 13.0 Å². The molecule has 1 fully saturated rings. The highest BCUT2D eigenvalue weighted by Crippen LogP contribution is 2.37. The Morgan fingerprint density at radius 2 is 2.26 bits per heavy atom. The maximum atomic E-state index is 11.5. The number of ketones is 1. The molecule has 0 bridgehead atoms. The average molecular weight is 300 g/mol. The van der Waals surface area contributed by atoms with Crippen LogP contribution in [0.2, 0.25) is 0 Å². The number of hydrogen-bond acceptors (Lipinski definition) is 6. The second-order valence-electron chi connectivity index (χ2n) is 4.23. The third kappa shape index (κ3) is 3.77. The molecule has 1 saturated carbocycles. The Balaban J connectivity index is 2.02. The normalized spacial score (nSPS) is 14.2. The predicted octanol–water partition coefficient (Wildman–Crippen LogP) is 2.23. The average Bonchev–Trinajstić information content (AvgIpc) is 3.02. The van der Waals surface area contributed by atoms with Crippen LogP contribution in [0.3, 0.4) is 0 Å². The second-order valence-corrected chi connectivity index (χ2v) is 6.52. The van der Waals surface area contributed by atoms with Gasteiger partial charge in [-0.1, -0.05) is 11.8 Å². The number of carbonyl (C=O) groups excluding carboxylic acids is 2. The largest absolute Gasteiger partial charge is 0.353 e. The fraction of sp³-hybridized carbons (Fsp3) is 0.455. The van der Waals surface area contributed by atoms with Crippen molar-refractivity contribution in [3.8, 4) is 0 Å². The Morgan fingerprint density at radius 1 is 1.58 bits per heavy atom.